The van der Waals surface area contributed by atoms with E-state index < -0.39 is 4.92 Å². The van der Waals surface area contributed by atoms with Gasteiger partial charge in [0.25, 0.3) is 5.69 Å². The summed E-state index contributed by atoms with van der Waals surface area (Å²) in [6.45, 7) is 3.68. The molecule has 0 heterocycles. The van der Waals surface area contributed by atoms with E-state index in [4.69, 9.17) is 10.5 Å². The maximum atomic E-state index is 10.7. The van der Waals surface area contributed by atoms with Crippen LogP contribution in [-0.2, 0) is 0 Å². The highest BCUT2D eigenvalue weighted by Crippen LogP contribution is 2.32. The fraction of sp³-hybridized carbons (Fsp3) is 0.200. The number of benzene rings is 2. The molecule has 0 bridgehead atoms. The third kappa shape index (κ3) is 3.59. The van der Waals surface area contributed by atoms with E-state index in [-0.39, 0.29) is 11.7 Å². The van der Waals surface area contributed by atoms with Gasteiger partial charge in [0.2, 0.25) is 0 Å². The number of nitrogens with zero attached hydrogens (tertiary/aromatic N) is 1. The van der Waals surface area contributed by atoms with Gasteiger partial charge in [0.1, 0.15) is 11.5 Å². The van der Waals surface area contributed by atoms with Crippen LogP contribution in [0.15, 0.2) is 40.9 Å². The molecule has 0 fully saturated rings. The second-order valence-electron chi connectivity index (χ2n) is 4.78. The van der Waals surface area contributed by atoms with Crippen LogP contribution in [-0.4, -0.2) is 4.92 Å². The lowest BCUT2D eigenvalue weighted by molar-refractivity contribution is -0.384. The third-order valence-electron chi connectivity index (χ3n) is 3.06. The molecule has 5 nitrogen and oxygen atoms in total. The van der Waals surface area contributed by atoms with E-state index in [1.165, 1.54) is 12.1 Å². The Morgan fingerprint density at radius 1 is 1.29 bits per heavy atom. The van der Waals surface area contributed by atoms with Crippen LogP contribution >= 0.6 is 15.9 Å². The molecule has 0 aliphatic carbocycles. The number of hydrogen-bond donors (Lipinski definition) is 1. The van der Waals surface area contributed by atoms with E-state index in [9.17, 15) is 10.1 Å². The van der Waals surface area contributed by atoms with Crippen molar-refractivity contribution in [2.24, 2.45) is 5.73 Å². The lowest BCUT2D eigenvalue weighted by Crippen LogP contribution is -2.05. The van der Waals surface area contributed by atoms with Gasteiger partial charge in [-0.15, -0.1) is 0 Å². The van der Waals surface area contributed by atoms with Crippen LogP contribution in [0.5, 0.6) is 11.5 Å². The first kappa shape index (κ1) is 15.5. The number of halogens is 1. The summed E-state index contributed by atoms with van der Waals surface area (Å²) in [5, 5.41) is 10.7. The molecule has 0 radical (unpaired) electrons. The van der Waals surface area contributed by atoms with Gasteiger partial charge in [-0.25, -0.2) is 0 Å². The van der Waals surface area contributed by atoms with Crippen LogP contribution in [0, 0.1) is 17.0 Å². The molecule has 0 spiro atoms. The van der Waals surface area contributed by atoms with Crippen molar-refractivity contribution in [3.05, 3.63) is 62.1 Å². The molecule has 0 aliphatic heterocycles. The Labute approximate surface area is 131 Å². The van der Waals surface area contributed by atoms with E-state index in [1.807, 2.05) is 25.1 Å². The first-order chi connectivity index (χ1) is 9.88. The number of rotatable bonds is 4. The monoisotopic (exact) mass is 350 g/mol. The average molecular weight is 351 g/mol. The number of aryl methyl sites for hydroxylation is 1. The smallest absolute Gasteiger partial charge is 0.269 e. The quantitative estimate of drug-likeness (QED) is 0.651. The fourth-order valence-corrected chi connectivity index (χ4v) is 2.65. The van der Waals surface area contributed by atoms with Gasteiger partial charge >= 0.3 is 0 Å². The average Bonchev–Trinajstić information content (AvgIpc) is 2.40. The van der Waals surface area contributed by atoms with Gasteiger partial charge in [-0.2, -0.15) is 0 Å². The zero-order valence-corrected chi connectivity index (χ0v) is 13.3. The molecule has 2 aromatic carbocycles. The number of nitro groups is 1. The summed E-state index contributed by atoms with van der Waals surface area (Å²) in [6, 6.07) is 9.98. The van der Waals surface area contributed by atoms with Crippen molar-refractivity contribution in [1.29, 1.82) is 0 Å². The SMILES string of the molecule is Cc1cc([N+](=O)[O-])ccc1Oc1ccc(C(C)N)c(Br)c1. The van der Waals surface area contributed by atoms with Crippen LogP contribution in [0.1, 0.15) is 24.1 Å². The maximum Gasteiger partial charge on any atom is 0.269 e. The zero-order chi connectivity index (χ0) is 15.6. The molecule has 0 amide bonds. The van der Waals surface area contributed by atoms with Crippen LogP contribution in [0.2, 0.25) is 0 Å². The molecule has 0 aromatic heterocycles. The first-order valence-corrected chi connectivity index (χ1v) is 7.15. The predicted octanol–water partition coefficient (Wildman–Crippen LogP) is 4.48. The Hall–Kier alpha value is -1.92. The van der Waals surface area contributed by atoms with Gasteiger partial charge in [0.15, 0.2) is 0 Å². The maximum absolute atomic E-state index is 10.7. The summed E-state index contributed by atoms with van der Waals surface area (Å²) in [6.07, 6.45) is 0. The molecular weight excluding hydrogens is 336 g/mol. The van der Waals surface area contributed by atoms with Gasteiger partial charge in [-0.05, 0) is 43.2 Å². The Balaban J connectivity index is 2.26. The van der Waals surface area contributed by atoms with Gasteiger partial charge in [0, 0.05) is 22.6 Å². The molecule has 2 aromatic rings. The Bertz CT molecular complexity index is 687. The van der Waals surface area contributed by atoms with Crippen LogP contribution in [0.25, 0.3) is 0 Å². The second kappa shape index (κ2) is 6.24. The van der Waals surface area contributed by atoms with E-state index in [2.05, 4.69) is 15.9 Å². The fourth-order valence-electron chi connectivity index (χ4n) is 1.93. The van der Waals surface area contributed by atoms with E-state index in [0.717, 1.165) is 10.0 Å². The number of hydrogen-bond acceptors (Lipinski definition) is 4. The zero-order valence-electron chi connectivity index (χ0n) is 11.7. The lowest BCUT2D eigenvalue weighted by atomic mass is 10.1. The predicted molar refractivity (Wildman–Crippen MR) is 84.7 cm³/mol. The highest BCUT2D eigenvalue weighted by molar-refractivity contribution is 9.10. The second-order valence-corrected chi connectivity index (χ2v) is 5.64. The first-order valence-electron chi connectivity index (χ1n) is 6.36. The molecular formula is C15H15BrN2O3. The van der Waals surface area contributed by atoms with Gasteiger partial charge in [0.05, 0.1) is 4.92 Å². The van der Waals surface area contributed by atoms with Crippen LogP contribution < -0.4 is 10.5 Å². The minimum Gasteiger partial charge on any atom is -0.457 e. The van der Waals surface area contributed by atoms with E-state index in [0.29, 0.717) is 17.1 Å². The highest BCUT2D eigenvalue weighted by atomic mass is 79.9. The molecule has 2 N–H and O–H groups in total. The molecule has 1 atom stereocenters. The normalized spacial score (nSPS) is 12.0. The van der Waals surface area contributed by atoms with Crippen molar-refractivity contribution in [3.63, 3.8) is 0 Å². The Morgan fingerprint density at radius 3 is 2.52 bits per heavy atom. The van der Waals surface area contributed by atoms with Crippen LogP contribution in [0.3, 0.4) is 0 Å². The van der Waals surface area contributed by atoms with Crippen molar-refractivity contribution in [1.82, 2.24) is 0 Å². The Morgan fingerprint density at radius 2 is 2.00 bits per heavy atom. The Kier molecular flexibility index (Phi) is 4.59. The van der Waals surface area contributed by atoms with Crippen molar-refractivity contribution in [2.75, 3.05) is 0 Å². The van der Waals surface area contributed by atoms with Crippen molar-refractivity contribution >= 4 is 21.6 Å². The third-order valence-corrected chi connectivity index (χ3v) is 3.75. The lowest BCUT2D eigenvalue weighted by Gasteiger charge is -2.12. The molecule has 6 heteroatoms. The van der Waals surface area contributed by atoms with Gasteiger partial charge in [-0.1, -0.05) is 22.0 Å². The van der Waals surface area contributed by atoms with E-state index in [1.54, 1.807) is 13.0 Å². The van der Waals surface area contributed by atoms with Crippen molar-refractivity contribution < 1.29 is 9.66 Å². The molecule has 1 unspecified atom stereocenters. The summed E-state index contributed by atoms with van der Waals surface area (Å²) < 4.78 is 6.64. The van der Waals surface area contributed by atoms with Crippen LogP contribution in [0.4, 0.5) is 5.69 Å². The number of nitro benzene ring substituents is 1. The molecule has 110 valence electrons. The number of non-ortho nitro benzene ring substituents is 1. The molecule has 21 heavy (non-hydrogen) atoms. The minimum absolute atomic E-state index is 0.0494. The number of ether oxygens (including phenoxy) is 1. The molecule has 2 rings (SSSR count). The van der Waals surface area contributed by atoms with Gasteiger partial charge in [-0.3, -0.25) is 10.1 Å². The summed E-state index contributed by atoms with van der Waals surface area (Å²) in [5.41, 5.74) is 7.59. The summed E-state index contributed by atoms with van der Waals surface area (Å²) in [5.74, 6) is 1.23. The van der Waals surface area contributed by atoms with E-state index >= 15 is 0 Å². The van der Waals surface area contributed by atoms with Crippen molar-refractivity contribution in [2.45, 2.75) is 19.9 Å². The van der Waals surface area contributed by atoms with Crippen molar-refractivity contribution in [3.8, 4) is 11.5 Å². The minimum atomic E-state index is -0.426. The molecule has 0 aliphatic rings. The number of nitrogens with two attached hydrogens (primary N) is 1. The highest BCUT2D eigenvalue weighted by Gasteiger charge is 2.11. The molecule has 0 saturated carbocycles. The topological polar surface area (TPSA) is 78.4 Å². The largest absolute Gasteiger partial charge is 0.457 e. The van der Waals surface area contributed by atoms with Gasteiger partial charge < -0.3 is 10.5 Å². The standard InChI is InChI=1S/C15H15BrN2O3/c1-9-7-11(18(19)20)3-6-15(9)21-12-4-5-13(10(2)17)14(16)8-12/h3-8,10H,17H2,1-2H3. The summed E-state index contributed by atoms with van der Waals surface area (Å²) >= 11 is 3.46. The summed E-state index contributed by atoms with van der Waals surface area (Å²) in [4.78, 5) is 10.3. The molecule has 0 saturated heterocycles. The summed E-state index contributed by atoms with van der Waals surface area (Å²) in [7, 11) is 0.